The molecule has 8 nitrogen and oxygen atoms in total. The van der Waals surface area contributed by atoms with E-state index in [-0.39, 0.29) is 18.2 Å². The number of nitrogens with one attached hydrogen (secondary N) is 1. The van der Waals surface area contributed by atoms with Crippen molar-refractivity contribution >= 4 is 17.5 Å². The van der Waals surface area contributed by atoms with Crippen molar-refractivity contribution in [2.24, 2.45) is 7.05 Å². The number of aromatic nitrogens is 3. The fourth-order valence-corrected chi connectivity index (χ4v) is 3.13. The fourth-order valence-electron chi connectivity index (χ4n) is 3.13. The number of morpholine rings is 1. The van der Waals surface area contributed by atoms with Crippen LogP contribution in [0.1, 0.15) is 19.4 Å². The van der Waals surface area contributed by atoms with Crippen LogP contribution in [0.4, 0.5) is 16.3 Å². The van der Waals surface area contributed by atoms with Gasteiger partial charge in [0.2, 0.25) is 0 Å². The zero-order valence-electron chi connectivity index (χ0n) is 15.7. The van der Waals surface area contributed by atoms with Gasteiger partial charge in [-0.1, -0.05) is 0 Å². The number of amides is 2. The van der Waals surface area contributed by atoms with E-state index in [0.717, 1.165) is 24.5 Å². The summed E-state index contributed by atoms with van der Waals surface area (Å²) < 4.78 is 7.47. The molecule has 1 fully saturated rings. The van der Waals surface area contributed by atoms with Crippen LogP contribution in [0.25, 0.3) is 0 Å². The predicted octanol–water partition coefficient (Wildman–Crippen LogP) is 2.09. The zero-order valence-corrected chi connectivity index (χ0v) is 15.7. The van der Waals surface area contributed by atoms with Crippen LogP contribution < -0.4 is 10.2 Å². The number of carbonyl (C=O) groups is 1. The van der Waals surface area contributed by atoms with E-state index in [9.17, 15) is 4.79 Å². The Kier molecular flexibility index (Phi) is 5.41. The molecule has 8 heteroatoms. The van der Waals surface area contributed by atoms with E-state index in [2.05, 4.69) is 34.1 Å². The number of pyridine rings is 1. The number of urea groups is 1. The summed E-state index contributed by atoms with van der Waals surface area (Å²) in [5, 5.41) is 6.98. The standard InChI is InChI=1S/C18H26N6O2/c1-13-9-24(10-14(2)26-13)17-6-5-16(8-19-17)21-18(25)22(3)11-15-7-20-23(4)12-15/h5-8,12-14H,9-11H2,1-4H3,(H,21,25)/t13-,14-/m1/s1. The summed E-state index contributed by atoms with van der Waals surface area (Å²) in [5.74, 6) is 0.897. The van der Waals surface area contributed by atoms with Gasteiger partial charge in [-0.05, 0) is 26.0 Å². The first-order chi connectivity index (χ1) is 12.4. The highest BCUT2D eigenvalue weighted by atomic mass is 16.5. The lowest BCUT2D eigenvalue weighted by Crippen LogP contribution is -2.45. The molecule has 1 aliphatic rings. The first-order valence-corrected chi connectivity index (χ1v) is 8.77. The molecule has 26 heavy (non-hydrogen) atoms. The predicted molar refractivity (Wildman–Crippen MR) is 100 cm³/mol. The van der Waals surface area contributed by atoms with E-state index in [1.807, 2.05) is 25.4 Å². The second-order valence-corrected chi connectivity index (χ2v) is 6.88. The van der Waals surface area contributed by atoms with Crippen LogP contribution in [0.2, 0.25) is 0 Å². The van der Waals surface area contributed by atoms with Gasteiger partial charge in [-0.15, -0.1) is 0 Å². The molecule has 3 heterocycles. The van der Waals surface area contributed by atoms with Crippen molar-refractivity contribution in [3.63, 3.8) is 0 Å². The number of aryl methyl sites for hydroxylation is 1. The Labute approximate surface area is 153 Å². The first-order valence-electron chi connectivity index (χ1n) is 8.77. The molecule has 0 aromatic carbocycles. The van der Waals surface area contributed by atoms with E-state index in [1.165, 1.54) is 0 Å². The third-order valence-corrected chi connectivity index (χ3v) is 4.27. The number of hydrogen-bond acceptors (Lipinski definition) is 5. The minimum atomic E-state index is -0.183. The Morgan fingerprint density at radius 2 is 2.04 bits per heavy atom. The number of nitrogens with zero attached hydrogens (tertiary/aromatic N) is 5. The summed E-state index contributed by atoms with van der Waals surface area (Å²) in [5.41, 5.74) is 1.65. The van der Waals surface area contributed by atoms with E-state index in [4.69, 9.17) is 4.74 Å². The molecule has 2 atom stereocenters. The van der Waals surface area contributed by atoms with Crippen molar-refractivity contribution < 1.29 is 9.53 Å². The minimum absolute atomic E-state index is 0.182. The molecule has 1 saturated heterocycles. The second-order valence-electron chi connectivity index (χ2n) is 6.88. The van der Waals surface area contributed by atoms with Crippen LogP contribution in [0.15, 0.2) is 30.7 Å². The highest BCUT2D eigenvalue weighted by Crippen LogP contribution is 2.19. The van der Waals surface area contributed by atoms with Gasteiger partial charge >= 0.3 is 6.03 Å². The van der Waals surface area contributed by atoms with Crippen LogP contribution in [0, 0.1) is 0 Å². The zero-order chi connectivity index (χ0) is 18.7. The van der Waals surface area contributed by atoms with Crippen LogP contribution in [0.3, 0.4) is 0 Å². The fraction of sp³-hybridized carbons (Fsp3) is 0.500. The van der Waals surface area contributed by atoms with Gasteiger partial charge in [0, 0.05) is 38.9 Å². The topological polar surface area (TPSA) is 75.5 Å². The molecular weight excluding hydrogens is 332 g/mol. The lowest BCUT2D eigenvalue weighted by Gasteiger charge is -2.36. The van der Waals surface area contributed by atoms with E-state index < -0.39 is 0 Å². The number of hydrogen-bond donors (Lipinski definition) is 1. The van der Waals surface area contributed by atoms with Gasteiger partial charge in [0.15, 0.2) is 0 Å². The van der Waals surface area contributed by atoms with Crippen molar-refractivity contribution in [1.29, 1.82) is 0 Å². The van der Waals surface area contributed by atoms with Crippen LogP contribution in [-0.2, 0) is 18.3 Å². The quantitative estimate of drug-likeness (QED) is 0.906. The Hall–Kier alpha value is -2.61. The second kappa shape index (κ2) is 7.74. The summed E-state index contributed by atoms with van der Waals surface area (Å²) in [4.78, 5) is 20.6. The lowest BCUT2D eigenvalue weighted by molar-refractivity contribution is -0.00545. The Balaban J connectivity index is 1.57. The molecule has 2 amide bonds. The van der Waals surface area contributed by atoms with Crippen LogP contribution in [-0.4, -0.2) is 58.0 Å². The maximum Gasteiger partial charge on any atom is 0.321 e. The van der Waals surface area contributed by atoms with Gasteiger partial charge in [0.25, 0.3) is 0 Å². The van der Waals surface area contributed by atoms with Gasteiger partial charge in [-0.2, -0.15) is 5.10 Å². The van der Waals surface area contributed by atoms with E-state index in [0.29, 0.717) is 12.2 Å². The van der Waals surface area contributed by atoms with Gasteiger partial charge in [0.1, 0.15) is 5.82 Å². The van der Waals surface area contributed by atoms with E-state index >= 15 is 0 Å². The van der Waals surface area contributed by atoms with Crippen molar-refractivity contribution in [3.05, 3.63) is 36.3 Å². The average molecular weight is 358 g/mol. The molecule has 0 aliphatic carbocycles. The Morgan fingerprint density at radius 3 is 2.62 bits per heavy atom. The summed E-state index contributed by atoms with van der Waals surface area (Å²) in [6.45, 7) is 6.26. The number of anilines is 2. The first kappa shape index (κ1) is 18.2. The molecule has 0 unspecified atom stereocenters. The lowest BCUT2D eigenvalue weighted by atomic mass is 10.2. The highest BCUT2D eigenvalue weighted by molar-refractivity contribution is 5.89. The van der Waals surface area contributed by atoms with Gasteiger partial charge in [-0.25, -0.2) is 9.78 Å². The smallest absolute Gasteiger partial charge is 0.321 e. The third-order valence-electron chi connectivity index (χ3n) is 4.27. The monoisotopic (exact) mass is 358 g/mol. The number of carbonyl (C=O) groups excluding carboxylic acids is 1. The summed E-state index contributed by atoms with van der Waals surface area (Å²) in [6, 6.07) is 3.63. The molecule has 0 spiro atoms. The van der Waals surface area contributed by atoms with Crippen molar-refractivity contribution in [1.82, 2.24) is 19.7 Å². The normalized spacial score (nSPS) is 20.1. The molecule has 0 saturated carbocycles. The largest absolute Gasteiger partial charge is 0.372 e. The average Bonchev–Trinajstić information content (AvgIpc) is 2.99. The molecule has 0 bridgehead atoms. The molecule has 3 rings (SSSR count). The van der Waals surface area contributed by atoms with E-state index in [1.54, 1.807) is 29.0 Å². The number of rotatable bonds is 4. The highest BCUT2D eigenvalue weighted by Gasteiger charge is 2.23. The molecule has 2 aromatic heterocycles. The maximum atomic E-state index is 12.3. The van der Waals surface area contributed by atoms with Crippen LogP contribution in [0.5, 0.6) is 0 Å². The minimum Gasteiger partial charge on any atom is -0.372 e. The Bertz CT molecular complexity index is 734. The molecule has 140 valence electrons. The van der Waals surface area contributed by atoms with Gasteiger partial charge < -0.3 is 19.9 Å². The summed E-state index contributed by atoms with van der Waals surface area (Å²) in [7, 11) is 3.60. The summed E-state index contributed by atoms with van der Waals surface area (Å²) in [6.07, 6.45) is 5.70. The molecule has 2 aromatic rings. The molecule has 1 N–H and O–H groups in total. The van der Waals surface area contributed by atoms with Crippen molar-refractivity contribution in [3.8, 4) is 0 Å². The SMILES string of the molecule is C[C@@H]1CN(c2ccc(NC(=O)N(C)Cc3cnn(C)c3)cn2)C[C@@H](C)O1. The maximum absolute atomic E-state index is 12.3. The van der Waals surface area contributed by atoms with Crippen LogP contribution >= 0.6 is 0 Å². The Morgan fingerprint density at radius 1 is 1.31 bits per heavy atom. The molecule has 0 radical (unpaired) electrons. The summed E-state index contributed by atoms with van der Waals surface area (Å²) >= 11 is 0. The van der Waals surface area contributed by atoms with Crippen molar-refractivity contribution in [2.45, 2.75) is 32.6 Å². The molecule has 1 aliphatic heterocycles. The molecular formula is C18H26N6O2. The van der Waals surface area contributed by atoms with Gasteiger partial charge in [-0.3, -0.25) is 4.68 Å². The third kappa shape index (κ3) is 4.51. The van der Waals surface area contributed by atoms with Crippen molar-refractivity contribution in [2.75, 3.05) is 30.4 Å². The number of ether oxygens (including phenoxy) is 1. The van der Waals surface area contributed by atoms with Gasteiger partial charge in [0.05, 0.1) is 36.8 Å².